The molecule has 2 heterocycles. The lowest BCUT2D eigenvalue weighted by atomic mass is 9.92. The summed E-state index contributed by atoms with van der Waals surface area (Å²) in [6.45, 7) is 8.54. The molecule has 3 aromatic carbocycles. The predicted molar refractivity (Wildman–Crippen MR) is 128 cm³/mol. The summed E-state index contributed by atoms with van der Waals surface area (Å²) in [5.41, 5.74) is 7.19. The summed E-state index contributed by atoms with van der Waals surface area (Å²) < 4.78 is 17.3. The fourth-order valence-electron chi connectivity index (χ4n) is 4.62. The fourth-order valence-corrected chi connectivity index (χ4v) is 4.62. The molecule has 0 aliphatic carbocycles. The average molecular weight is 431 g/mol. The lowest BCUT2D eigenvalue weighted by Gasteiger charge is -2.28. The van der Waals surface area contributed by atoms with Gasteiger partial charge in [-0.1, -0.05) is 36.4 Å². The topological polar surface area (TPSA) is 43.0 Å². The van der Waals surface area contributed by atoms with Gasteiger partial charge in [-0.2, -0.15) is 0 Å². The lowest BCUT2D eigenvalue weighted by molar-refractivity contribution is 0.171. The van der Waals surface area contributed by atoms with Crippen molar-refractivity contribution in [2.45, 2.75) is 13.5 Å². The van der Waals surface area contributed by atoms with Crippen LogP contribution in [0.15, 0.2) is 54.6 Å². The summed E-state index contributed by atoms with van der Waals surface area (Å²) in [7, 11) is 1.76. The molecule has 0 unspecified atom stereocenters. The van der Waals surface area contributed by atoms with Crippen LogP contribution in [0.1, 0.15) is 11.1 Å². The molecule has 5 heteroatoms. The molecule has 2 aliphatic rings. The van der Waals surface area contributed by atoms with E-state index in [-0.39, 0.29) is 0 Å². The molecule has 5 nitrogen and oxygen atoms in total. The highest BCUT2D eigenvalue weighted by Gasteiger charge is 2.16. The van der Waals surface area contributed by atoms with Gasteiger partial charge in [-0.05, 0) is 52.9 Å². The molecule has 1 fully saturated rings. The first-order chi connectivity index (χ1) is 15.7. The Kier molecular flexibility index (Phi) is 6.02. The molecule has 0 amide bonds. The van der Waals surface area contributed by atoms with Crippen molar-refractivity contribution in [1.82, 2.24) is 10.2 Å². The molecule has 5 rings (SSSR count). The molecule has 0 radical (unpaired) electrons. The summed E-state index contributed by atoms with van der Waals surface area (Å²) in [6.07, 6.45) is 0. The quantitative estimate of drug-likeness (QED) is 0.645. The number of hydrogen-bond donors (Lipinski definition) is 1. The van der Waals surface area contributed by atoms with Crippen molar-refractivity contribution in [3.8, 4) is 39.5 Å². The van der Waals surface area contributed by atoms with Crippen molar-refractivity contribution >= 4 is 0 Å². The van der Waals surface area contributed by atoms with E-state index in [2.05, 4.69) is 65.7 Å². The van der Waals surface area contributed by atoms with E-state index in [1.54, 1.807) is 7.11 Å². The van der Waals surface area contributed by atoms with E-state index in [4.69, 9.17) is 14.2 Å². The highest BCUT2D eigenvalue weighted by molar-refractivity contribution is 5.80. The van der Waals surface area contributed by atoms with Gasteiger partial charge in [-0.25, -0.2) is 0 Å². The number of hydrogen-bond acceptors (Lipinski definition) is 5. The lowest BCUT2D eigenvalue weighted by Crippen LogP contribution is -2.42. The summed E-state index contributed by atoms with van der Waals surface area (Å²) in [5.74, 6) is 2.58. The molecule has 166 valence electrons. The number of nitrogens with zero attached hydrogens (tertiary/aromatic N) is 1. The Morgan fingerprint density at radius 3 is 2.31 bits per heavy atom. The van der Waals surface area contributed by atoms with Crippen LogP contribution in [0.5, 0.6) is 17.2 Å². The first-order valence-electron chi connectivity index (χ1n) is 11.3. The normalized spacial score (nSPS) is 16.1. The van der Waals surface area contributed by atoms with E-state index in [9.17, 15) is 0 Å². The van der Waals surface area contributed by atoms with Crippen LogP contribution in [0.25, 0.3) is 22.3 Å². The summed E-state index contributed by atoms with van der Waals surface area (Å²) in [4.78, 5) is 2.47. The minimum absolute atomic E-state index is 0.593. The summed E-state index contributed by atoms with van der Waals surface area (Å²) in [5, 5.41) is 3.41. The molecular weight excluding hydrogens is 400 g/mol. The van der Waals surface area contributed by atoms with E-state index >= 15 is 0 Å². The van der Waals surface area contributed by atoms with Crippen molar-refractivity contribution < 1.29 is 14.2 Å². The van der Waals surface area contributed by atoms with Gasteiger partial charge in [0.05, 0.1) is 7.11 Å². The Morgan fingerprint density at radius 2 is 1.56 bits per heavy atom. The molecule has 2 aliphatic heterocycles. The molecule has 3 aromatic rings. The zero-order valence-corrected chi connectivity index (χ0v) is 18.8. The van der Waals surface area contributed by atoms with Gasteiger partial charge in [0, 0.05) is 38.3 Å². The van der Waals surface area contributed by atoms with Gasteiger partial charge in [0.15, 0.2) is 11.5 Å². The third-order valence-corrected chi connectivity index (χ3v) is 6.39. The van der Waals surface area contributed by atoms with E-state index in [1.165, 1.54) is 27.8 Å². The van der Waals surface area contributed by atoms with Crippen molar-refractivity contribution in [1.29, 1.82) is 0 Å². The van der Waals surface area contributed by atoms with Gasteiger partial charge in [-0.15, -0.1) is 0 Å². The van der Waals surface area contributed by atoms with Crippen LogP contribution < -0.4 is 19.5 Å². The largest absolute Gasteiger partial charge is 0.496 e. The van der Waals surface area contributed by atoms with E-state index < -0.39 is 0 Å². The molecule has 0 atom stereocenters. The molecule has 0 aromatic heterocycles. The van der Waals surface area contributed by atoms with Gasteiger partial charge in [0.1, 0.15) is 19.0 Å². The zero-order chi connectivity index (χ0) is 21.9. The van der Waals surface area contributed by atoms with E-state index in [0.717, 1.165) is 55.5 Å². The second-order valence-corrected chi connectivity index (χ2v) is 8.39. The van der Waals surface area contributed by atoms with E-state index in [0.29, 0.717) is 13.2 Å². The molecule has 0 bridgehead atoms. The molecule has 0 spiro atoms. The monoisotopic (exact) mass is 430 g/mol. The Hall–Kier alpha value is -3.02. The summed E-state index contributed by atoms with van der Waals surface area (Å²) in [6, 6.07) is 19.3. The Morgan fingerprint density at radius 1 is 0.875 bits per heavy atom. The smallest absolute Gasteiger partial charge is 0.161 e. The number of nitrogens with one attached hydrogen (secondary N) is 1. The molecule has 32 heavy (non-hydrogen) atoms. The Labute approximate surface area is 189 Å². The van der Waals surface area contributed by atoms with Gasteiger partial charge < -0.3 is 19.5 Å². The second kappa shape index (κ2) is 9.23. The fraction of sp³-hybridized carbons (Fsp3) is 0.333. The highest BCUT2D eigenvalue weighted by atomic mass is 16.6. The van der Waals surface area contributed by atoms with Crippen molar-refractivity contribution in [2.75, 3.05) is 46.5 Å². The third-order valence-electron chi connectivity index (χ3n) is 6.39. The zero-order valence-electron chi connectivity index (χ0n) is 18.8. The molecule has 1 saturated heterocycles. The molecule has 0 saturated carbocycles. The highest BCUT2D eigenvalue weighted by Crippen LogP contribution is 2.38. The maximum absolute atomic E-state index is 5.80. The summed E-state index contributed by atoms with van der Waals surface area (Å²) >= 11 is 0. The van der Waals surface area contributed by atoms with Crippen molar-refractivity contribution in [2.24, 2.45) is 0 Å². The standard InChI is InChI=1S/C27H30N2O3/c1-19-23(4-3-5-24(19)21-8-9-25-27(17-21)32-15-14-31-25)20-6-7-22(26(16-20)30-2)18-29-12-10-28-11-13-29/h3-9,16-17,28H,10-15,18H2,1-2H3. The SMILES string of the molecule is COc1cc(-c2cccc(-c3ccc4c(c3)OCCO4)c2C)ccc1CN1CCNCC1. The van der Waals surface area contributed by atoms with Crippen LogP contribution in [0.4, 0.5) is 0 Å². The number of benzene rings is 3. The van der Waals surface area contributed by atoms with Crippen LogP contribution in [0.2, 0.25) is 0 Å². The average Bonchev–Trinajstić information content (AvgIpc) is 2.85. The number of rotatable bonds is 5. The maximum atomic E-state index is 5.80. The van der Waals surface area contributed by atoms with Crippen LogP contribution in [-0.2, 0) is 6.54 Å². The first kappa shape index (κ1) is 20.9. The van der Waals surface area contributed by atoms with Crippen LogP contribution in [0, 0.1) is 6.92 Å². The molecular formula is C27H30N2O3. The second-order valence-electron chi connectivity index (χ2n) is 8.39. The predicted octanol–water partition coefficient (Wildman–Crippen LogP) is 4.51. The van der Waals surface area contributed by atoms with Crippen molar-refractivity contribution in [3.05, 3.63) is 65.7 Å². The van der Waals surface area contributed by atoms with Gasteiger partial charge in [-0.3, -0.25) is 4.90 Å². The third kappa shape index (κ3) is 4.18. The minimum Gasteiger partial charge on any atom is -0.496 e. The van der Waals surface area contributed by atoms with Crippen LogP contribution in [-0.4, -0.2) is 51.4 Å². The number of piperazine rings is 1. The van der Waals surface area contributed by atoms with Crippen molar-refractivity contribution in [3.63, 3.8) is 0 Å². The first-order valence-corrected chi connectivity index (χ1v) is 11.3. The van der Waals surface area contributed by atoms with Gasteiger partial charge >= 0.3 is 0 Å². The minimum atomic E-state index is 0.593. The maximum Gasteiger partial charge on any atom is 0.161 e. The number of methoxy groups -OCH3 is 1. The Bertz CT molecular complexity index is 1110. The number of ether oxygens (including phenoxy) is 3. The van der Waals surface area contributed by atoms with Gasteiger partial charge in [0.25, 0.3) is 0 Å². The Balaban J connectivity index is 1.46. The number of fused-ring (bicyclic) bond motifs is 1. The molecule has 1 N–H and O–H groups in total. The van der Waals surface area contributed by atoms with Crippen LogP contribution >= 0.6 is 0 Å². The van der Waals surface area contributed by atoms with E-state index in [1.807, 2.05) is 6.07 Å². The van der Waals surface area contributed by atoms with Crippen LogP contribution in [0.3, 0.4) is 0 Å². The van der Waals surface area contributed by atoms with Gasteiger partial charge in [0.2, 0.25) is 0 Å².